The molecule has 0 aromatic rings. The molecular weight excluding hydrogens is 203 g/mol. The van der Waals surface area contributed by atoms with E-state index in [9.17, 15) is 0 Å². The van der Waals surface area contributed by atoms with Crippen molar-refractivity contribution in [3.05, 3.63) is 0 Å². The summed E-state index contributed by atoms with van der Waals surface area (Å²) >= 11 is 1.87. The van der Waals surface area contributed by atoms with Crippen LogP contribution in [-0.4, -0.2) is 31.6 Å². The molecule has 0 spiro atoms. The monoisotopic (exact) mass is 220 g/mol. The van der Waals surface area contributed by atoms with E-state index in [0.29, 0.717) is 0 Å². The number of rotatable bonds is 6. The Morgan fingerprint density at radius 3 is 2.36 bits per heavy atom. The van der Waals surface area contributed by atoms with Gasteiger partial charge in [-0.25, -0.2) is 0 Å². The normalized spacial score (nSPS) is 8.18. The third-order valence-corrected chi connectivity index (χ3v) is 1.65. The van der Waals surface area contributed by atoms with E-state index in [1.165, 1.54) is 5.75 Å². The van der Waals surface area contributed by atoms with Gasteiger partial charge in [-0.2, -0.15) is 11.8 Å². The quantitative estimate of drug-likeness (QED) is 0.660. The molecule has 0 amide bonds. The van der Waals surface area contributed by atoms with Gasteiger partial charge in [0.2, 0.25) is 0 Å². The molecule has 5 heteroatoms. The first-order valence-corrected chi connectivity index (χ1v) is 4.71. The summed E-state index contributed by atoms with van der Waals surface area (Å²) in [6.07, 6.45) is 3.21. The van der Waals surface area contributed by atoms with Crippen molar-refractivity contribution in [1.29, 1.82) is 0 Å². The molecule has 0 saturated heterocycles. The fraction of sp³-hybridized carbons (Fsp3) is 1.00. The maximum atomic E-state index is 5.30. The fourth-order valence-corrected chi connectivity index (χ4v) is 0.875. The third kappa shape index (κ3) is 18.1. The zero-order valence-electron chi connectivity index (χ0n) is 6.84. The van der Waals surface area contributed by atoms with Gasteiger partial charge in [0, 0.05) is 12.3 Å². The van der Waals surface area contributed by atoms with E-state index in [4.69, 9.17) is 5.73 Å². The molecule has 0 bridgehead atoms. The largest absolute Gasteiger partial charge is 0.330 e. The van der Waals surface area contributed by atoms with Gasteiger partial charge in [-0.1, -0.05) is 0 Å². The summed E-state index contributed by atoms with van der Waals surface area (Å²) in [5, 5.41) is 3.29. The van der Waals surface area contributed by atoms with Crippen LogP contribution in [0.25, 0.3) is 0 Å². The minimum Gasteiger partial charge on any atom is -0.330 e. The Kier molecular flexibility index (Phi) is 27.7. The molecule has 11 heavy (non-hydrogen) atoms. The van der Waals surface area contributed by atoms with E-state index in [0.717, 1.165) is 26.1 Å². The van der Waals surface area contributed by atoms with Crippen LogP contribution in [-0.2, 0) is 0 Å². The highest BCUT2D eigenvalue weighted by Gasteiger charge is 1.83. The predicted octanol–water partition coefficient (Wildman–Crippen LogP) is 1.13. The van der Waals surface area contributed by atoms with Crippen molar-refractivity contribution >= 4 is 36.6 Å². The van der Waals surface area contributed by atoms with Crippen molar-refractivity contribution in [2.75, 3.05) is 31.6 Å². The average molecular weight is 221 g/mol. The Morgan fingerprint density at radius 1 is 1.27 bits per heavy atom. The van der Waals surface area contributed by atoms with Gasteiger partial charge < -0.3 is 11.1 Å². The maximum absolute atomic E-state index is 5.30. The lowest BCUT2D eigenvalue weighted by Gasteiger charge is -1.99. The van der Waals surface area contributed by atoms with Crippen LogP contribution in [0.4, 0.5) is 0 Å². The van der Waals surface area contributed by atoms with Gasteiger partial charge in [0.1, 0.15) is 0 Å². The molecule has 0 fully saturated rings. The van der Waals surface area contributed by atoms with Gasteiger partial charge in [0.25, 0.3) is 0 Å². The molecule has 0 radical (unpaired) electrons. The fourth-order valence-electron chi connectivity index (χ4n) is 0.526. The molecule has 0 aromatic heterocycles. The number of nitrogens with one attached hydrogen (secondary N) is 1. The molecular formula is C6H18Cl2N2S. The first kappa shape index (κ1) is 17.8. The third-order valence-electron chi connectivity index (χ3n) is 1.04. The highest BCUT2D eigenvalue weighted by Crippen LogP contribution is 1.86. The first-order valence-electron chi connectivity index (χ1n) is 3.31. The number of hydrogen-bond acceptors (Lipinski definition) is 3. The van der Waals surface area contributed by atoms with Crippen molar-refractivity contribution in [2.24, 2.45) is 5.73 Å². The number of nitrogens with two attached hydrogens (primary N) is 1. The second-order valence-electron chi connectivity index (χ2n) is 1.89. The number of halogens is 2. The molecule has 0 rings (SSSR count). The summed E-state index contributed by atoms with van der Waals surface area (Å²) in [4.78, 5) is 0. The van der Waals surface area contributed by atoms with Crippen molar-refractivity contribution in [2.45, 2.75) is 6.42 Å². The van der Waals surface area contributed by atoms with Crippen LogP contribution in [0, 0.1) is 0 Å². The lowest BCUT2D eigenvalue weighted by Crippen LogP contribution is -2.20. The smallest absolute Gasteiger partial charge is 0.00553 e. The molecule has 0 aliphatic heterocycles. The van der Waals surface area contributed by atoms with Gasteiger partial charge >= 0.3 is 0 Å². The van der Waals surface area contributed by atoms with Crippen LogP contribution < -0.4 is 11.1 Å². The summed E-state index contributed by atoms with van der Waals surface area (Å²) in [5.41, 5.74) is 5.30. The van der Waals surface area contributed by atoms with Crippen molar-refractivity contribution in [3.63, 3.8) is 0 Å². The summed E-state index contributed by atoms with van der Waals surface area (Å²) in [6.45, 7) is 2.98. The molecule has 0 aliphatic carbocycles. The topological polar surface area (TPSA) is 38.0 Å². The second kappa shape index (κ2) is 17.1. The molecule has 0 aromatic carbocycles. The molecule has 0 aliphatic rings. The van der Waals surface area contributed by atoms with Crippen molar-refractivity contribution in [1.82, 2.24) is 5.32 Å². The second-order valence-corrected chi connectivity index (χ2v) is 2.87. The van der Waals surface area contributed by atoms with Crippen LogP contribution in [0.15, 0.2) is 0 Å². The van der Waals surface area contributed by atoms with E-state index in [2.05, 4.69) is 11.6 Å². The minimum absolute atomic E-state index is 0. The van der Waals surface area contributed by atoms with E-state index < -0.39 is 0 Å². The summed E-state index contributed by atoms with van der Waals surface area (Å²) in [5.74, 6) is 1.20. The Balaban J connectivity index is -0.000000320. The standard InChI is InChI=1S/C6H16N2S.2ClH/c1-9-6-5-8-4-2-3-7;;/h8H,2-7H2,1H3;2*1H. The lowest BCUT2D eigenvalue weighted by molar-refractivity contribution is 0.683. The van der Waals surface area contributed by atoms with Gasteiger partial charge in [0.05, 0.1) is 0 Å². The van der Waals surface area contributed by atoms with E-state index in [-0.39, 0.29) is 24.8 Å². The Morgan fingerprint density at radius 2 is 1.91 bits per heavy atom. The highest BCUT2D eigenvalue weighted by atomic mass is 35.5. The molecule has 0 saturated carbocycles. The molecule has 0 unspecified atom stereocenters. The van der Waals surface area contributed by atoms with Crippen LogP contribution in [0.1, 0.15) is 6.42 Å². The predicted molar refractivity (Wildman–Crippen MR) is 59.4 cm³/mol. The lowest BCUT2D eigenvalue weighted by atomic mass is 10.4. The van der Waals surface area contributed by atoms with Gasteiger partial charge in [-0.05, 0) is 25.8 Å². The Labute approximate surface area is 85.9 Å². The summed E-state index contributed by atoms with van der Waals surface area (Å²) in [6, 6.07) is 0. The molecule has 0 heterocycles. The molecule has 2 nitrogen and oxygen atoms in total. The summed E-state index contributed by atoms with van der Waals surface area (Å²) < 4.78 is 0. The molecule has 0 atom stereocenters. The average Bonchev–Trinajstić information content (AvgIpc) is 1.89. The van der Waals surface area contributed by atoms with Gasteiger partial charge in [0.15, 0.2) is 0 Å². The van der Waals surface area contributed by atoms with Gasteiger partial charge in [-0.15, -0.1) is 24.8 Å². The molecule has 3 N–H and O–H groups in total. The van der Waals surface area contributed by atoms with Crippen molar-refractivity contribution in [3.8, 4) is 0 Å². The maximum Gasteiger partial charge on any atom is 0.00553 e. The molecule has 72 valence electrons. The minimum atomic E-state index is 0. The van der Waals surface area contributed by atoms with Crippen LogP contribution in [0.3, 0.4) is 0 Å². The van der Waals surface area contributed by atoms with Gasteiger partial charge in [-0.3, -0.25) is 0 Å². The summed E-state index contributed by atoms with van der Waals surface area (Å²) in [7, 11) is 0. The Bertz CT molecular complexity index is 51.8. The van der Waals surface area contributed by atoms with E-state index in [1.807, 2.05) is 11.8 Å². The SMILES string of the molecule is CSCCNCCCN.Cl.Cl. The zero-order valence-corrected chi connectivity index (χ0v) is 9.29. The van der Waals surface area contributed by atoms with E-state index >= 15 is 0 Å². The highest BCUT2D eigenvalue weighted by molar-refractivity contribution is 7.98. The number of thioether (sulfide) groups is 1. The van der Waals surface area contributed by atoms with E-state index in [1.54, 1.807) is 0 Å². The van der Waals surface area contributed by atoms with Crippen LogP contribution in [0.2, 0.25) is 0 Å². The number of hydrogen-bond donors (Lipinski definition) is 2. The Hall–Kier alpha value is 0.850. The van der Waals surface area contributed by atoms with Crippen LogP contribution in [0.5, 0.6) is 0 Å². The first-order chi connectivity index (χ1) is 4.41. The van der Waals surface area contributed by atoms with Crippen molar-refractivity contribution < 1.29 is 0 Å². The zero-order chi connectivity index (χ0) is 6.95. The van der Waals surface area contributed by atoms with Crippen LogP contribution >= 0.6 is 36.6 Å².